The molecule has 1 heterocycles. The fourth-order valence-electron chi connectivity index (χ4n) is 2.18. The lowest BCUT2D eigenvalue weighted by Crippen LogP contribution is -2.28. The van der Waals surface area contributed by atoms with Gasteiger partial charge in [-0.3, -0.25) is 0 Å². The first kappa shape index (κ1) is 8.78. The third-order valence-electron chi connectivity index (χ3n) is 3.02. The summed E-state index contributed by atoms with van der Waals surface area (Å²) in [6.45, 7) is 4.47. The fraction of sp³-hybridized carbons (Fsp3) is 0.286. The van der Waals surface area contributed by atoms with Gasteiger partial charge in [0.25, 0.3) is 0 Å². The van der Waals surface area contributed by atoms with Crippen LogP contribution in [-0.4, -0.2) is 0 Å². The predicted octanol–water partition coefficient (Wildman–Crippen LogP) is 2.42. The van der Waals surface area contributed by atoms with Crippen molar-refractivity contribution in [1.29, 1.82) is 0 Å². The van der Waals surface area contributed by atoms with Gasteiger partial charge in [0, 0.05) is 10.6 Å². The van der Waals surface area contributed by atoms with Gasteiger partial charge in [-0.15, -0.1) is 0 Å². The Balaban J connectivity index is 2.48. The average Bonchev–Trinajstić information content (AvgIpc) is 2.52. The summed E-state index contributed by atoms with van der Waals surface area (Å²) in [5, 5.41) is 2.50. The summed E-state index contributed by atoms with van der Waals surface area (Å²) >= 11 is 0. The van der Waals surface area contributed by atoms with Gasteiger partial charge < -0.3 is 4.42 Å². The van der Waals surface area contributed by atoms with E-state index in [2.05, 4.69) is 38.1 Å². The summed E-state index contributed by atoms with van der Waals surface area (Å²) in [5.41, 5.74) is 2.25. The number of para-hydroxylation sites is 1. The van der Waals surface area contributed by atoms with Crippen molar-refractivity contribution in [2.75, 3.05) is 0 Å². The van der Waals surface area contributed by atoms with Crippen LogP contribution in [0.3, 0.4) is 0 Å². The van der Waals surface area contributed by atoms with Crippen LogP contribution in [0.25, 0.3) is 23.1 Å². The summed E-state index contributed by atoms with van der Waals surface area (Å²) in [5.74, 6) is 0. The molecular formula is C14H14O. The Labute approximate surface area is 88.7 Å². The molecule has 1 aliphatic carbocycles. The Morgan fingerprint density at radius 3 is 2.87 bits per heavy atom. The van der Waals surface area contributed by atoms with E-state index in [-0.39, 0.29) is 5.41 Å². The molecule has 1 aromatic carbocycles. The first-order valence-electron chi connectivity index (χ1n) is 5.36. The molecule has 1 aliphatic rings. The smallest absolute Gasteiger partial charge is 0.135 e. The molecule has 0 fully saturated rings. The number of rotatable bonds is 0. The van der Waals surface area contributed by atoms with Gasteiger partial charge in [0.05, 0.1) is 0 Å². The van der Waals surface area contributed by atoms with Crippen LogP contribution < -0.4 is 10.6 Å². The van der Waals surface area contributed by atoms with Crippen molar-refractivity contribution in [2.24, 2.45) is 5.41 Å². The van der Waals surface area contributed by atoms with Crippen molar-refractivity contribution in [3.63, 3.8) is 0 Å². The van der Waals surface area contributed by atoms with E-state index in [0.717, 1.165) is 17.4 Å². The van der Waals surface area contributed by atoms with Crippen LogP contribution in [0.4, 0.5) is 0 Å². The molecule has 0 radical (unpaired) electrons. The number of furan rings is 1. The highest BCUT2D eigenvalue weighted by Gasteiger charge is 2.18. The molecule has 3 rings (SSSR count). The minimum absolute atomic E-state index is 0.223. The molecule has 1 nitrogen and oxygen atoms in total. The molecule has 76 valence electrons. The highest BCUT2D eigenvalue weighted by Crippen LogP contribution is 2.24. The van der Waals surface area contributed by atoms with Crippen LogP contribution in [-0.2, 0) is 0 Å². The molecule has 0 saturated heterocycles. The van der Waals surface area contributed by atoms with Crippen molar-refractivity contribution in [3.05, 3.63) is 34.9 Å². The molecule has 0 atom stereocenters. The molecule has 0 bridgehead atoms. The van der Waals surface area contributed by atoms with E-state index in [4.69, 9.17) is 4.42 Å². The van der Waals surface area contributed by atoms with Crippen molar-refractivity contribution < 1.29 is 4.42 Å². The normalized spacial score (nSPS) is 18.0. The Morgan fingerprint density at radius 2 is 2.00 bits per heavy atom. The van der Waals surface area contributed by atoms with Crippen LogP contribution in [0.15, 0.2) is 28.7 Å². The molecule has 1 aromatic heterocycles. The van der Waals surface area contributed by atoms with Gasteiger partial charge in [-0.1, -0.05) is 38.1 Å². The summed E-state index contributed by atoms with van der Waals surface area (Å²) < 4.78 is 5.84. The van der Waals surface area contributed by atoms with Crippen LogP contribution >= 0.6 is 0 Å². The van der Waals surface area contributed by atoms with E-state index < -0.39 is 0 Å². The zero-order valence-corrected chi connectivity index (χ0v) is 9.08. The minimum Gasteiger partial charge on any atom is -0.456 e. The molecule has 2 aromatic rings. The van der Waals surface area contributed by atoms with E-state index in [1.165, 1.54) is 10.6 Å². The summed E-state index contributed by atoms with van der Waals surface area (Å²) in [7, 11) is 0. The van der Waals surface area contributed by atoms with Crippen molar-refractivity contribution in [3.8, 4) is 0 Å². The molecule has 0 spiro atoms. The van der Waals surface area contributed by atoms with Gasteiger partial charge >= 0.3 is 0 Å². The van der Waals surface area contributed by atoms with Gasteiger partial charge in [-0.05, 0) is 24.0 Å². The number of hydrogen-bond donors (Lipinski definition) is 0. The van der Waals surface area contributed by atoms with E-state index >= 15 is 0 Å². The standard InChI is InChI=1S/C14H14O/c1-14(2)8-7-11-10-5-3-4-6-12(10)15-13(11)9-14/h3-7,9H,8H2,1-2H3. The van der Waals surface area contributed by atoms with Gasteiger partial charge in [-0.25, -0.2) is 0 Å². The molecule has 0 saturated carbocycles. The molecule has 0 amide bonds. The van der Waals surface area contributed by atoms with Crippen LogP contribution in [0.1, 0.15) is 20.3 Å². The SMILES string of the molecule is CC1(C)C=c2oc3ccccc3c2=CC1. The Hall–Kier alpha value is -1.50. The largest absolute Gasteiger partial charge is 0.456 e. The lowest BCUT2D eigenvalue weighted by molar-refractivity contribution is 0.502. The molecular weight excluding hydrogens is 184 g/mol. The maximum atomic E-state index is 5.84. The average molecular weight is 198 g/mol. The topological polar surface area (TPSA) is 13.1 Å². The van der Waals surface area contributed by atoms with E-state index in [9.17, 15) is 0 Å². The Morgan fingerprint density at radius 1 is 1.20 bits per heavy atom. The van der Waals surface area contributed by atoms with Gasteiger partial charge in [0.2, 0.25) is 0 Å². The lowest BCUT2D eigenvalue weighted by atomic mass is 9.86. The lowest BCUT2D eigenvalue weighted by Gasteiger charge is -2.18. The number of hydrogen-bond acceptors (Lipinski definition) is 1. The second-order valence-corrected chi connectivity index (χ2v) is 4.92. The monoisotopic (exact) mass is 198 g/mol. The molecule has 15 heavy (non-hydrogen) atoms. The van der Waals surface area contributed by atoms with Gasteiger partial charge in [0.15, 0.2) is 0 Å². The molecule has 0 N–H and O–H groups in total. The molecule has 0 unspecified atom stereocenters. The molecule has 0 aliphatic heterocycles. The fourth-order valence-corrected chi connectivity index (χ4v) is 2.18. The third kappa shape index (κ3) is 1.30. The second kappa shape index (κ2) is 2.75. The van der Waals surface area contributed by atoms with Crippen LogP contribution in [0.2, 0.25) is 0 Å². The third-order valence-corrected chi connectivity index (χ3v) is 3.02. The zero-order chi connectivity index (χ0) is 10.5. The predicted molar refractivity (Wildman–Crippen MR) is 62.8 cm³/mol. The quantitative estimate of drug-likeness (QED) is 0.633. The van der Waals surface area contributed by atoms with Crippen LogP contribution in [0, 0.1) is 5.41 Å². The maximum absolute atomic E-state index is 5.84. The van der Waals surface area contributed by atoms with E-state index in [1.54, 1.807) is 0 Å². The zero-order valence-electron chi connectivity index (χ0n) is 9.08. The summed E-state index contributed by atoms with van der Waals surface area (Å²) in [4.78, 5) is 0. The maximum Gasteiger partial charge on any atom is 0.135 e. The van der Waals surface area contributed by atoms with Crippen molar-refractivity contribution >= 4 is 23.1 Å². The summed E-state index contributed by atoms with van der Waals surface area (Å²) in [6, 6.07) is 8.23. The number of benzene rings is 1. The van der Waals surface area contributed by atoms with Crippen molar-refractivity contribution in [2.45, 2.75) is 20.3 Å². The molecule has 1 heteroatoms. The highest BCUT2D eigenvalue weighted by atomic mass is 16.3. The first-order chi connectivity index (χ1) is 7.16. The highest BCUT2D eigenvalue weighted by molar-refractivity contribution is 5.79. The Kier molecular flexibility index (Phi) is 1.61. The van der Waals surface area contributed by atoms with Gasteiger partial charge in [0.1, 0.15) is 11.0 Å². The Bertz CT molecular complexity index is 629. The van der Waals surface area contributed by atoms with Crippen LogP contribution in [0.5, 0.6) is 0 Å². The minimum atomic E-state index is 0.223. The van der Waals surface area contributed by atoms with Crippen molar-refractivity contribution in [1.82, 2.24) is 0 Å². The second-order valence-electron chi connectivity index (χ2n) is 4.92. The van der Waals surface area contributed by atoms with Gasteiger partial charge in [-0.2, -0.15) is 0 Å². The van der Waals surface area contributed by atoms with E-state index in [1.807, 2.05) is 12.1 Å². The number of fused-ring (bicyclic) bond motifs is 3. The summed E-state index contributed by atoms with van der Waals surface area (Å²) in [6.07, 6.45) is 5.62. The first-order valence-corrected chi connectivity index (χ1v) is 5.36. The van der Waals surface area contributed by atoms with E-state index in [0.29, 0.717) is 0 Å².